The highest BCUT2D eigenvalue weighted by Gasteiger charge is 2.60. The fourth-order valence-electron chi connectivity index (χ4n) is 2.37. The van der Waals surface area contributed by atoms with E-state index >= 15 is 0 Å². The van der Waals surface area contributed by atoms with Crippen molar-refractivity contribution in [1.29, 1.82) is 0 Å². The molecule has 0 atom stereocenters. The smallest absolute Gasteiger partial charge is 0.184 e. The van der Waals surface area contributed by atoms with E-state index < -0.39 is 82.3 Å². The van der Waals surface area contributed by atoms with Gasteiger partial charge in [-0.15, -0.1) is 0 Å². The predicted octanol–water partition coefficient (Wildman–Crippen LogP) is -2.63. The summed E-state index contributed by atoms with van der Waals surface area (Å²) in [6.07, 6.45) is -1.95. The lowest BCUT2D eigenvalue weighted by molar-refractivity contribution is 0.284. The molecule has 21 heavy (non-hydrogen) atoms. The van der Waals surface area contributed by atoms with Gasteiger partial charge >= 0.3 is 0 Å². The molecule has 0 aromatic heterocycles. The molecule has 0 spiro atoms. The minimum absolute atomic E-state index is 0.649. The zero-order valence-corrected chi connectivity index (χ0v) is 13.4. The number of sulfone groups is 3. The number of hydrogen-bond acceptors (Lipinski definition) is 9. The van der Waals surface area contributed by atoms with E-state index in [0.29, 0.717) is 0 Å². The van der Waals surface area contributed by atoms with Crippen LogP contribution in [-0.2, 0) is 29.5 Å². The van der Waals surface area contributed by atoms with Crippen molar-refractivity contribution < 1.29 is 40.6 Å². The van der Waals surface area contributed by atoms with Gasteiger partial charge in [0, 0.05) is 39.1 Å². The molecule has 0 aliphatic carbocycles. The van der Waals surface area contributed by atoms with Gasteiger partial charge in [0.05, 0.1) is 0 Å². The van der Waals surface area contributed by atoms with Gasteiger partial charge in [-0.2, -0.15) is 0 Å². The SMILES string of the molecule is O=S1(=O)C(CCO)S(=O)(=O)C(CCO)S(=O)(=O)C1CCO. The van der Waals surface area contributed by atoms with E-state index in [4.69, 9.17) is 15.3 Å². The normalized spacial score (nSPS) is 33.6. The zero-order valence-electron chi connectivity index (χ0n) is 11.0. The van der Waals surface area contributed by atoms with Crippen molar-refractivity contribution in [1.82, 2.24) is 0 Å². The minimum atomic E-state index is -4.63. The van der Waals surface area contributed by atoms with Crippen molar-refractivity contribution in [2.45, 2.75) is 33.0 Å². The van der Waals surface area contributed by atoms with Gasteiger partial charge in [-0.05, 0) is 0 Å². The Morgan fingerprint density at radius 2 is 0.714 bits per heavy atom. The summed E-state index contributed by atoms with van der Waals surface area (Å²) >= 11 is 0. The van der Waals surface area contributed by atoms with Crippen LogP contribution < -0.4 is 0 Å². The molecule has 0 radical (unpaired) electrons. The molecular formula is C9H18O9S3. The van der Waals surface area contributed by atoms with Crippen LogP contribution in [0.4, 0.5) is 0 Å². The third-order valence-electron chi connectivity index (χ3n) is 3.29. The molecule has 1 aliphatic rings. The molecule has 1 aliphatic heterocycles. The second-order valence-corrected chi connectivity index (χ2v) is 12.4. The number of rotatable bonds is 6. The second-order valence-electron chi connectivity index (χ2n) is 4.59. The van der Waals surface area contributed by atoms with Crippen LogP contribution in [0.15, 0.2) is 0 Å². The lowest BCUT2D eigenvalue weighted by atomic mass is 10.5. The average molecular weight is 366 g/mol. The number of hydrogen-bond donors (Lipinski definition) is 3. The fourth-order valence-corrected chi connectivity index (χ4v) is 13.5. The van der Waals surface area contributed by atoms with Crippen LogP contribution in [0, 0.1) is 0 Å². The summed E-state index contributed by atoms with van der Waals surface area (Å²) in [6, 6.07) is 0. The Balaban J connectivity index is 3.59. The summed E-state index contributed by atoms with van der Waals surface area (Å²) in [5.74, 6) is 0. The molecule has 0 unspecified atom stereocenters. The fraction of sp³-hybridized carbons (Fsp3) is 1.00. The van der Waals surface area contributed by atoms with Gasteiger partial charge < -0.3 is 15.3 Å². The van der Waals surface area contributed by atoms with Crippen molar-refractivity contribution in [3.05, 3.63) is 0 Å². The lowest BCUT2D eigenvalue weighted by Crippen LogP contribution is -2.56. The maximum atomic E-state index is 12.2. The van der Waals surface area contributed by atoms with E-state index in [1.54, 1.807) is 0 Å². The molecule has 1 saturated heterocycles. The highest BCUT2D eigenvalue weighted by molar-refractivity contribution is 8.25. The summed E-state index contributed by atoms with van der Waals surface area (Å²) in [6.45, 7) is -2.25. The molecule has 1 fully saturated rings. The Kier molecular flexibility index (Phi) is 5.78. The predicted molar refractivity (Wildman–Crippen MR) is 73.2 cm³/mol. The third-order valence-corrected chi connectivity index (χ3v) is 13.9. The minimum Gasteiger partial charge on any atom is -0.396 e. The van der Waals surface area contributed by atoms with Crippen molar-refractivity contribution >= 4 is 29.5 Å². The van der Waals surface area contributed by atoms with E-state index in [1.807, 2.05) is 0 Å². The molecule has 0 bridgehead atoms. The highest BCUT2D eigenvalue weighted by atomic mass is 32.3. The lowest BCUT2D eigenvalue weighted by Gasteiger charge is -2.34. The molecule has 0 aromatic carbocycles. The van der Waals surface area contributed by atoms with Crippen LogP contribution in [0.25, 0.3) is 0 Å². The Morgan fingerprint density at radius 1 is 0.524 bits per heavy atom. The van der Waals surface area contributed by atoms with Crippen molar-refractivity contribution in [2.75, 3.05) is 19.8 Å². The number of aliphatic hydroxyl groups excluding tert-OH is 3. The van der Waals surface area contributed by atoms with Gasteiger partial charge in [-0.1, -0.05) is 0 Å². The first-order chi connectivity index (χ1) is 9.58. The van der Waals surface area contributed by atoms with Gasteiger partial charge in [0.25, 0.3) is 0 Å². The van der Waals surface area contributed by atoms with Crippen LogP contribution in [0.2, 0.25) is 0 Å². The maximum Gasteiger partial charge on any atom is 0.184 e. The molecule has 1 rings (SSSR count). The van der Waals surface area contributed by atoms with Crippen LogP contribution in [0.3, 0.4) is 0 Å². The van der Waals surface area contributed by atoms with Crippen molar-refractivity contribution in [3.8, 4) is 0 Å². The van der Waals surface area contributed by atoms with Crippen molar-refractivity contribution in [3.63, 3.8) is 0 Å². The summed E-state index contributed by atoms with van der Waals surface area (Å²) in [4.78, 5) is 0. The molecule has 3 N–H and O–H groups in total. The summed E-state index contributed by atoms with van der Waals surface area (Å²) in [7, 11) is -13.9. The largest absolute Gasteiger partial charge is 0.396 e. The third kappa shape index (κ3) is 3.10. The van der Waals surface area contributed by atoms with E-state index in [0.717, 1.165) is 0 Å². The van der Waals surface area contributed by atoms with E-state index in [9.17, 15) is 25.3 Å². The van der Waals surface area contributed by atoms with Gasteiger partial charge in [0.2, 0.25) is 0 Å². The second kappa shape index (κ2) is 6.46. The summed E-state index contributed by atoms with van der Waals surface area (Å²) < 4.78 is 67.2. The first-order valence-electron chi connectivity index (χ1n) is 6.09. The molecule has 9 nitrogen and oxygen atoms in total. The van der Waals surface area contributed by atoms with Crippen LogP contribution in [0.1, 0.15) is 19.3 Å². The Labute approximate surface area is 123 Å². The van der Waals surface area contributed by atoms with Gasteiger partial charge in [-0.3, -0.25) is 0 Å². The molecule has 0 aromatic rings. The monoisotopic (exact) mass is 366 g/mol. The summed E-state index contributed by atoms with van der Waals surface area (Å²) in [5.41, 5.74) is 0. The topological polar surface area (TPSA) is 163 Å². The van der Waals surface area contributed by atoms with Crippen molar-refractivity contribution in [2.24, 2.45) is 0 Å². The molecule has 0 amide bonds. The van der Waals surface area contributed by atoms with E-state index in [2.05, 4.69) is 0 Å². The van der Waals surface area contributed by atoms with E-state index in [-0.39, 0.29) is 0 Å². The van der Waals surface area contributed by atoms with Crippen LogP contribution in [0.5, 0.6) is 0 Å². The zero-order chi connectivity index (χ0) is 16.5. The molecule has 126 valence electrons. The van der Waals surface area contributed by atoms with Crippen LogP contribution in [-0.4, -0.2) is 74.1 Å². The molecule has 12 heteroatoms. The standard InChI is InChI=1S/C9H18O9S3/c10-4-1-7-19(13,14)8(2-5-11)21(17,18)9(3-6-12)20(7,15)16/h7-12H,1-6H2. The number of aliphatic hydroxyl groups is 3. The molecular weight excluding hydrogens is 348 g/mol. The first-order valence-corrected chi connectivity index (χ1v) is 10.9. The van der Waals surface area contributed by atoms with Gasteiger partial charge in [0.1, 0.15) is 0 Å². The Hall–Kier alpha value is -0.270. The molecule has 0 saturated carbocycles. The highest BCUT2D eigenvalue weighted by Crippen LogP contribution is 2.38. The Morgan fingerprint density at radius 3 is 0.857 bits per heavy atom. The first kappa shape index (κ1) is 18.8. The van der Waals surface area contributed by atoms with Crippen LogP contribution >= 0.6 is 0 Å². The summed E-state index contributed by atoms with van der Waals surface area (Å²) in [5, 5.41) is 26.6. The van der Waals surface area contributed by atoms with Gasteiger partial charge in [-0.25, -0.2) is 25.3 Å². The molecule has 1 heterocycles. The van der Waals surface area contributed by atoms with Gasteiger partial charge in [0.15, 0.2) is 43.3 Å². The maximum absolute atomic E-state index is 12.2. The quantitative estimate of drug-likeness (QED) is 0.456. The average Bonchev–Trinajstić information content (AvgIpc) is 2.36. The van der Waals surface area contributed by atoms with E-state index in [1.165, 1.54) is 0 Å². The Bertz CT molecular complexity index is 536.